The second-order valence-electron chi connectivity index (χ2n) is 6.17. The fourth-order valence-corrected chi connectivity index (χ4v) is 4.23. The summed E-state index contributed by atoms with van der Waals surface area (Å²) in [7, 11) is -0.450. The lowest BCUT2D eigenvalue weighted by molar-refractivity contribution is -0.199. The fourth-order valence-electron chi connectivity index (χ4n) is 4.00. The normalized spacial score (nSPS) is 49.1. The van der Waals surface area contributed by atoms with E-state index < -0.39 is 11.9 Å². The highest BCUT2D eigenvalue weighted by Crippen LogP contribution is 2.65. The van der Waals surface area contributed by atoms with E-state index in [2.05, 4.69) is 20.8 Å². The van der Waals surface area contributed by atoms with Gasteiger partial charge in [-0.1, -0.05) is 13.8 Å². The van der Waals surface area contributed by atoms with Crippen LogP contribution in [0.5, 0.6) is 0 Å². The second-order valence-corrected chi connectivity index (χ2v) is 7.34. The molecule has 0 aromatic carbocycles. The van der Waals surface area contributed by atoms with Crippen molar-refractivity contribution in [1.29, 1.82) is 0 Å². The summed E-state index contributed by atoms with van der Waals surface area (Å²) in [6, 6.07) is 0. The van der Waals surface area contributed by atoms with Gasteiger partial charge in [0, 0.05) is 0 Å². The topological polar surface area (TPSA) is 18.5 Å². The lowest BCUT2D eigenvalue weighted by Gasteiger charge is -2.64. The van der Waals surface area contributed by atoms with E-state index in [-0.39, 0.29) is 11.7 Å². The van der Waals surface area contributed by atoms with E-state index >= 15 is 0 Å². The Hall–Kier alpha value is 0.565. The summed E-state index contributed by atoms with van der Waals surface area (Å²) in [5.41, 5.74) is 0.183. The van der Waals surface area contributed by atoms with Gasteiger partial charge in [-0.05, 0) is 37.0 Å². The smallest absolute Gasteiger partial charge is 0.404 e. The lowest BCUT2D eigenvalue weighted by Crippen LogP contribution is -2.65. The van der Waals surface area contributed by atoms with Crippen molar-refractivity contribution in [2.45, 2.75) is 50.1 Å². The van der Waals surface area contributed by atoms with E-state index in [9.17, 15) is 0 Å². The van der Waals surface area contributed by atoms with Gasteiger partial charge >= 0.3 is 7.12 Å². The van der Waals surface area contributed by atoms with E-state index in [1.165, 1.54) is 6.42 Å². The molecule has 4 rings (SSSR count). The Bertz CT molecular complexity index is 323. The summed E-state index contributed by atoms with van der Waals surface area (Å²) in [5, 5.41) is 0. The SMILES string of the molecule is CC1(C)C2CC3OB(C(Cl)Cl)OC3(C)C1C2. The average Bonchev–Trinajstić information content (AvgIpc) is 2.54. The third kappa shape index (κ3) is 1.29. The largest absolute Gasteiger partial charge is 0.492 e. The Balaban J connectivity index is 1.87. The fraction of sp³-hybridized carbons (Fsp3) is 1.00. The molecule has 90 valence electrons. The average molecular weight is 263 g/mol. The van der Waals surface area contributed by atoms with E-state index in [0.29, 0.717) is 11.3 Å². The summed E-state index contributed by atoms with van der Waals surface area (Å²) in [6.45, 7) is 6.83. The number of hydrogen-bond acceptors (Lipinski definition) is 2. The summed E-state index contributed by atoms with van der Waals surface area (Å²) < 4.78 is 11.3. The first-order chi connectivity index (χ1) is 7.35. The molecule has 4 atom stereocenters. The van der Waals surface area contributed by atoms with Crippen LogP contribution in [0.25, 0.3) is 0 Å². The van der Waals surface area contributed by atoms with Gasteiger partial charge in [0.05, 0.1) is 11.7 Å². The van der Waals surface area contributed by atoms with Crippen LogP contribution in [-0.2, 0) is 9.31 Å². The van der Waals surface area contributed by atoms with Crippen LogP contribution in [0.3, 0.4) is 0 Å². The van der Waals surface area contributed by atoms with Gasteiger partial charge in [-0.25, -0.2) is 0 Å². The monoisotopic (exact) mass is 262 g/mol. The van der Waals surface area contributed by atoms with Crippen LogP contribution >= 0.6 is 23.2 Å². The number of rotatable bonds is 1. The zero-order valence-corrected chi connectivity index (χ0v) is 11.4. The van der Waals surface area contributed by atoms with Crippen molar-refractivity contribution in [2.75, 3.05) is 0 Å². The van der Waals surface area contributed by atoms with Crippen molar-refractivity contribution in [3.8, 4) is 0 Å². The van der Waals surface area contributed by atoms with Crippen LogP contribution in [0, 0.1) is 17.3 Å². The molecule has 3 saturated carbocycles. The second kappa shape index (κ2) is 3.31. The first-order valence-electron chi connectivity index (χ1n) is 5.97. The highest BCUT2D eigenvalue weighted by Gasteiger charge is 2.68. The highest BCUT2D eigenvalue weighted by molar-refractivity contribution is 6.73. The van der Waals surface area contributed by atoms with Gasteiger partial charge in [0.1, 0.15) is 4.74 Å². The summed E-state index contributed by atoms with van der Waals surface area (Å²) >= 11 is 11.7. The van der Waals surface area contributed by atoms with Gasteiger partial charge in [-0.3, -0.25) is 0 Å². The maximum atomic E-state index is 6.01. The van der Waals surface area contributed by atoms with Crippen LogP contribution in [0.1, 0.15) is 33.6 Å². The van der Waals surface area contributed by atoms with Gasteiger partial charge in [0.2, 0.25) is 0 Å². The van der Waals surface area contributed by atoms with Crippen LogP contribution in [-0.4, -0.2) is 23.6 Å². The molecule has 4 fully saturated rings. The van der Waals surface area contributed by atoms with E-state index in [1.54, 1.807) is 0 Å². The molecule has 16 heavy (non-hydrogen) atoms. The third-order valence-electron chi connectivity index (χ3n) is 5.17. The zero-order valence-electron chi connectivity index (χ0n) is 9.87. The van der Waals surface area contributed by atoms with Crippen molar-refractivity contribution in [2.24, 2.45) is 17.3 Å². The van der Waals surface area contributed by atoms with Gasteiger partial charge < -0.3 is 9.31 Å². The molecule has 1 saturated heterocycles. The molecule has 0 N–H and O–H groups in total. The molecule has 0 aromatic heterocycles. The lowest BCUT2D eigenvalue weighted by atomic mass is 9.43. The molecule has 0 aromatic rings. The van der Waals surface area contributed by atoms with Crippen LogP contribution in [0.15, 0.2) is 0 Å². The molecule has 2 nitrogen and oxygen atoms in total. The Labute approximate surface area is 107 Å². The molecule has 0 amide bonds. The highest BCUT2D eigenvalue weighted by atomic mass is 35.5. The standard InChI is InChI=1S/C11H17BCl2O2/c1-10(2)6-4-7(10)11(3)8(5-6)15-12(16-11)9(13)14/h6-9H,4-5H2,1-3H3. The van der Waals surface area contributed by atoms with Gasteiger partial charge in [0.25, 0.3) is 0 Å². The maximum absolute atomic E-state index is 6.01. The third-order valence-corrected chi connectivity index (χ3v) is 5.59. The molecule has 4 aliphatic rings. The Kier molecular flexibility index (Phi) is 2.41. The Morgan fingerprint density at radius 1 is 1.25 bits per heavy atom. The van der Waals surface area contributed by atoms with E-state index in [4.69, 9.17) is 32.5 Å². The van der Waals surface area contributed by atoms with Crippen LogP contribution in [0.2, 0.25) is 0 Å². The summed E-state index contributed by atoms with van der Waals surface area (Å²) in [6.07, 6.45) is 2.51. The predicted molar refractivity (Wildman–Crippen MR) is 65.6 cm³/mol. The minimum absolute atomic E-state index is 0.175. The van der Waals surface area contributed by atoms with Crippen molar-refractivity contribution in [1.82, 2.24) is 0 Å². The molecule has 0 radical (unpaired) electrons. The molecule has 4 unspecified atom stereocenters. The Morgan fingerprint density at radius 2 is 1.94 bits per heavy atom. The molecule has 5 heteroatoms. The van der Waals surface area contributed by atoms with Gasteiger partial charge in [0.15, 0.2) is 0 Å². The summed E-state index contributed by atoms with van der Waals surface area (Å²) in [5.74, 6) is 1.34. The minimum atomic E-state index is -0.595. The maximum Gasteiger partial charge on any atom is 0.492 e. The molecular formula is C11H17BCl2O2. The minimum Gasteiger partial charge on any atom is -0.404 e. The first-order valence-corrected chi connectivity index (χ1v) is 6.84. The number of hydrogen-bond donors (Lipinski definition) is 0. The molecule has 2 bridgehead atoms. The van der Waals surface area contributed by atoms with E-state index in [1.807, 2.05) is 0 Å². The van der Waals surface area contributed by atoms with Crippen molar-refractivity contribution >= 4 is 30.3 Å². The van der Waals surface area contributed by atoms with E-state index in [0.717, 1.165) is 12.3 Å². The molecule has 0 spiro atoms. The van der Waals surface area contributed by atoms with Crippen molar-refractivity contribution in [3.05, 3.63) is 0 Å². The quantitative estimate of drug-likeness (QED) is 0.534. The molecule has 3 aliphatic carbocycles. The number of halogens is 2. The number of alkyl halides is 2. The molecular weight excluding hydrogens is 246 g/mol. The first kappa shape index (κ1) is 11.6. The van der Waals surface area contributed by atoms with Crippen LogP contribution < -0.4 is 0 Å². The summed E-state index contributed by atoms with van der Waals surface area (Å²) in [4.78, 5) is 0. The molecule has 1 heterocycles. The molecule has 1 aliphatic heterocycles. The zero-order chi connectivity index (χ0) is 11.7. The van der Waals surface area contributed by atoms with Gasteiger partial charge in [-0.15, -0.1) is 23.2 Å². The Morgan fingerprint density at radius 3 is 2.50 bits per heavy atom. The van der Waals surface area contributed by atoms with Crippen molar-refractivity contribution < 1.29 is 9.31 Å². The van der Waals surface area contributed by atoms with Crippen molar-refractivity contribution in [3.63, 3.8) is 0 Å². The van der Waals surface area contributed by atoms with Gasteiger partial charge in [-0.2, -0.15) is 0 Å². The van der Waals surface area contributed by atoms with Crippen LogP contribution in [0.4, 0.5) is 0 Å². The predicted octanol–water partition coefficient (Wildman–Crippen LogP) is 3.06.